The molecule has 1 saturated carbocycles. The fourth-order valence-electron chi connectivity index (χ4n) is 4.39. The molecule has 4 nitrogen and oxygen atoms in total. The number of carbonyl (C=O) groups is 1. The third-order valence-electron chi connectivity index (χ3n) is 5.82. The zero-order chi connectivity index (χ0) is 19.4. The van der Waals surface area contributed by atoms with E-state index in [2.05, 4.69) is 15.1 Å². The highest BCUT2D eigenvalue weighted by Gasteiger charge is 2.35. The van der Waals surface area contributed by atoms with Gasteiger partial charge in [0.15, 0.2) is 0 Å². The van der Waals surface area contributed by atoms with E-state index in [1.165, 1.54) is 32.1 Å². The predicted octanol–water partition coefficient (Wildman–Crippen LogP) is 5.14. The molecule has 1 saturated heterocycles. The predicted molar refractivity (Wildman–Crippen MR) is 114 cm³/mol. The van der Waals surface area contributed by atoms with Gasteiger partial charge in [-0.15, -0.1) is 0 Å². The van der Waals surface area contributed by atoms with Crippen LogP contribution in [0.3, 0.4) is 0 Å². The number of isothiocyanates is 1. The minimum Gasteiger partial charge on any atom is -0.341 e. The van der Waals surface area contributed by atoms with Gasteiger partial charge in [-0.1, -0.05) is 36.0 Å². The first kappa shape index (κ1) is 20.8. The van der Waals surface area contributed by atoms with Crippen LogP contribution in [0.4, 0.5) is 5.69 Å². The molecule has 0 spiro atoms. The largest absolute Gasteiger partial charge is 0.341 e. The third-order valence-corrected chi connectivity index (χ3v) is 6.64. The summed E-state index contributed by atoms with van der Waals surface area (Å²) in [4.78, 5) is 21.6. The van der Waals surface area contributed by atoms with Crippen LogP contribution in [0.2, 0.25) is 10.0 Å². The molecule has 1 unspecified atom stereocenters. The van der Waals surface area contributed by atoms with Crippen molar-refractivity contribution in [2.75, 3.05) is 20.1 Å². The lowest BCUT2D eigenvalue weighted by Gasteiger charge is -2.42. The summed E-state index contributed by atoms with van der Waals surface area (Å²) in [6.45, 7) is 2.31. The maximum atomic E-state index is 13.1. The Hall–Kier alpha value is -0.970. The molecular formula is C20H25Cl2N3OS. The monoisotopic (exact) mass is 425 g/mol. The molecule has 146 valence electrons. The maximum Gasteiger partial charge on any atom is 0.227 e. The van der Waals surface area contributed by atoms with E-state index in [0.717, 1.165) is 25.1 Å². The van der Waals surface area contributed by atoms with Gasteiger partial charge in [0.05, 0.1) is 27.3 Å². The Kier molecular flexibility index (Phi) is 7.29. The minimum absolute atomic E-state index is 0.0744. The lowest BCUT2D eigenvalue weighted by atomic mass is 9.88. The molecule has 0 aromatic heterocycles. The van der Waals surface area contributed by atoms with Gasteiger partial charge >= 0.3 is 0 Å². The molecule has 1 amide bonds. The van der Waals surface area contributed by atoms with E-state index >= 15 is 0 Å². The molecule has 1 aliphatic carbocycles. The van der Waals surface area contributed by atoms with E-state index < -0.39 is 0 Å². The molecule has 2 fully saturated rings. The van der Waals surface area contributed by atoms with Crippen LogP contribution in [0.5, 0.6) is 0 Å². The van der Waals surface area contributed by atoms with Gasteiger partial charge in [-0.2, -0.15) is 4.99 Å². The quantitative estimate of drug-likeness (QED) is 0.484. The molecule has 0 N–H and O–H groups in total. The maximum absolute atomic E-state index is 13.1. The molecule has 1 aliphatic heterocycles. The highest BCUT2D eigenvalue weighted by molar-refractivity contribution is 7.78. The molecule has 27 heavy (non-hydrogen) atoms. The number of halogens is 2. The van der Waals surface area contributed by atoms with Crippen LogP contribution in [0, 0.1) is 0 Å². The molecule has 7 heteroatoms. The van der Waals surface area contributed by atoms with E-state index in [0.29, 0.717) is 21.8 Å². The molecule has 1 heterocycles. The zero-order valence-corrected chi connectivity index (χ0v) is 17.9. The highest BCUT2D eigenvalue weighted by atomic mass is 35.5. The van der Waals surface area contributed by atoms with Gasteiger partial charge in [0.2, 0.25) is 5.91 Å². The number of hydrogen-bond donors (Lipinski definition) is 0. The first-order valence-corrected chi connectivity index (χ1v) is 10.7. The van der Waals surface area contributed by atoms with Gasteiger partial charge < -0.3 is 4.90 Å². The van der Waals surface area contributed by atoms with Gasteiger partial charge in [-0.25, -0.2) is 0 Å². The minimum atomic E-state index is 0.0744. The standard InChI is InChI=1S/C20H25Cl2N3OS/c1-24(18-6-2-3-7-19(18)25-8-4-5-9-25)20(26)11-14-10-15(21)16(22)12-17(14)23-13-27/h10,12,18-19H,2-9,11H2,1H3/t18?,19-/m0/s1. The Balaban J connectivity index is 1.76. The van der Waals surface area contributed by atoms with E-state index in [4.69, 9.17) is 35.4 Å². The summed E-state index contributed by atoms with van der Waals surface area (Å²) in [5.74, 6) is 0.0744. The number of rotatable bonds is 5. The number of nitrogens with zero attached hydrogens (tertiary/aromatic N) is 3. The van der Waals surface area contributed by atoms with E-state index in [1.54, 1.807) is 12.1 Å². The summed E-state index contributed by atoms with van der Waals surface area (Å²) >= 11 is 17.0. The second-order valence-corrected chi connectivity index (χ2v) is 8.44. The van der Waals surface area contributed by atoms with E-state index in [1.807, 2.05) is 11.9 Å². The van der Waals surface area contributed by atoms with Crippen molar-refractivity contribution in [3.63, 3.8) is 0 Å². The van der Waals surface area contributed by atoms with Crippen molar-refractivity contribution in [2.24, 2.45) is 4.99 Å². The fraction of sp³-hybridized carbons (Fsp3) is 0.600. The Bertz CT molecular complexity index is 745. The van der Waals surface area contributed by atoms with Crippen LogP contribution in [0.1, 0.15) is 44.1 Å². The van der Waals surface area contributed by atoms with Crippen molar-refractivity contribution in [1.29, 1.82) is 0 Å². The number of aliphatic imine (C=N–C) groups is 1. The average molecular weight is 426 g/mol. The molecule has 0 radical (unpaired) electrons. The van der Waals surface area contributed by atoms with Crippen LogP contribution < -0.4 is 0 Å². The van der Waals surface area contributed by atoms with Crippen molar-refractivity contribution >= 4 is 52.2 Å². The number of hydrogen-bond acceptors (Lipinski definition) is 4. The number of likely N-dealkylation sites (tertiary alicyclic amines) is 1. The van der Waals surface area contributed by atoms with Crippen molar-refractivity contribution in [3.8, 4) is 0 Å². The highest BCUT2D eigenvalue weighted by Crippen LogP contribution is 2.33. The first-order valence-electron chi connectivity index (χ1n) is 9.56. The normalized spacial score (nSPS) is 23.1. The lowest BCUT2D eigenvalue weighted by Crippen LogP contribution is -2.53. The average Bonchev–Trinajstić information content (AvgIpc) is 3.20. The molecule has 2 atom stereocenters. The number of likely N-dealkylation sites (N-methyl/N-ethyl adjacent to an activating group) is 1. The lowest BCUT2D eigenvalue weighted by molar-refractivity contribution is -0.133. The van der Waals surface area contributed by atoms with Crippen molar-refractivity contribution in [1.82, 2.24) is 9.80 Å². The number of amides is 1. The van der Waals surface area contributed by atoms with Crippen molar-refractivity contribution < 1.29 is 4.79 Å². The summed E-state index contributed by atoms with van der Waals surface area (Å²) < 4.78 is 0. The van der Waals surface area contributed by atoms with Gasteiger partial charge in [0, 0.05) is 19.1 Å². The molecule has 0 bridgehead atoms. The molecule has 2 aliphatic rings. The zero-order valence-electron chi connectivity index (χ0n) is 15.6. The van der Waals surface area contributed by atoms with Gasteiger partial charge in [0.1, 0.15) is 0 Å². The summed E-state index contributed by atoms with van der Waals surface area (Å²) in [5, 5.41) is 3.17. The van der Waals surface area contributed by atoms with Crippen LogP contribution >= 0.6 is 35.4 Å². The van der Waals surface area contributed by atoms with Gasteiger partial charge in [-0.05, 0) is 68.7 Å². The second-order valence-electron chi connectivity index (χ2n) is 7.44. The van der Waals surface area contributed by atoms with Gasteiger partial charge in [0.25, 0.3) is 0 Å². The summed E-state index contributed by atoms with van der Waals surface area (Å²) in [5.41, 5.74) is 1.29. The smallest absolute Gasteiger partial charge is 0.227 e. The summed E-state index contributed by atoms with van der Waals surface area (Å²) in [7, 11) is 1.93. The first-order chi connectivity index (χ1) is 13.0. The molecule has 1 aromatic rings. The fourth-order valence-corrected chi connectivity index (χ4v) is 4.83. The number of carbonyl (C=O) groups excluding carboxylic acids is 1. The number of thiocarbonyl (C=S) groups is 1. The molecule has 3 rings (SSSR count). The summed E-state index contributed by atoms with van der Waals surface area (Å²) in [6.07, 6.45) is 7.43. The summed E-state index contributed by atoms with van der Waals surface area (Å²) in [6, 6.07) is 4.09. The Morgan fingerprint density at radius 1 is 1.22 bits per heavy atom. The SMILES string of the molecule is CN(C(=O)Cc1cc(Cl)c(Cl)cc1N=C=S)C1CCCC[C@@H]1N1CCCC1. The van der Waals surface area contributed by atoms with Crippen LogP contribution in [0.15, 0.2) is 17.1 Å². The van der Waals surface area contributed by atoms with Crippen LogP contribution in [0.25, 0.3) is 0 Å². The molecule has 1 aromatic carbocycles. The molecular weight excluding hydrogens is 401 g/mol. The second kappa shape index (κ2) is 9.49. The number of benzene rings is 1. The topological polar surface area (TPSA) is 35.9 Å². The third kappa shape index (κ3) is 4.90. The van der Waals surface area contributed by atoms with Gasteiger partial charge in [-0.3, -0.25) is 9.69 Å². The van der Waals surface area contributed by atoms with Crippen molar-refractivity contribution in [3.05, 3.63) is 27.7 Å². The van der Waals surface area contributed by atoms with Crippen molar-refractivity contribution in [2.45, 2.75) is 57.0 Å². The van der Waals surface area contributed by atoms with E-state index in [9.17, 15) is 4.79 Å². The Morgan fingerprint density at radius 3 is 2.59 bits per heavy atom. The Morgan fingerprint density at radius 2 is 1.89 bits per heavy atom. The Labute approximate surface area is 176 Å². The van der Waals surface area contributed by atoms with Crippen LogP contribution in [-0.4, -0.2) is 53.1 Å². The van der Waals surface area contributed by atoms with E-state index in [-0.39, 0.29) is 18.4 Å². The van der Waals surface area contributed by atoms with Crippen LogP contribution in [-0.2, 0) is 11.2 Å².